The number of anilines is 2. The maximum atomic E-state index is 5.42. The molecule has 2 heterocycles. The number of aryl methyl sites for hydroxylation is 2. The molecule has 2 aromatic heterocycles. The lowest BCUT2D eigenvalue weighted by molar-refractivity contribution is 0.834. The molecule has 0 aliphatic carbocycles. The van der Waals surface area contributed by atoms with Crippen molar-refractivity contribution >= 4 is 23.0 Å². The van der Waals surface area contributed by atoms with Crippen LogP contribution in [0.5, 0.6) is 0 Å². The van der Waals surface area contributed by atoms with E-state index in [9.17, 15) is 0 Å². The minimum Gasteiger partial charge on any atom is -0.365 e. The average Bonchev–Trinajstić information content (AvgIpc) is 2.82. The number of nitrogen functional groups attached to an aromatic ring is 1. The topological polar surface area (TPSA) is 88.8 Å². The maximum Gasteiger partial charge on any atom is 0.145 e. The van der Waals surface area contributed by atoms with Crippen LogP contribution in [0.15, 0.2) is 12.3 Å². The molecule has 0 unspecified atom stereocenters. The van der Waals surface area contributed by atoms with Crippen LogP contribution in [0, 0.1) is 6.92 Å². The lowest BCUT2D eigenvalue weighted by Crippen LogP contribution is -2.12. The second-order valence-electron chi connectivity index (χ2n) is 4.15. The molecule has 0 aromatic carbocycles. The van der Waals surface area contributed by atoms with E-state index >= 15 is 0 Å². The Morgan fingerprint density at radius 3 is 2.74 bits per heavy atom. The quantitative estimate of drug-likeness (QED) is 0.554. The lowest BCUT2D eigenvalue weighted by atomic mass is 10.3. The van der Waals surface area contributed by atoms with Gasteiger partial charge in [0.2, 0.25) is 0 Å². The number of nitrogens with zero attached hydrogens (tertiary/aromatic N) is 3. The van der Waals surface area contributed by atoms with Crippen molar-refractivity contribution in [1.82, 2.24) is 15.0 Å². The van der Waals surface area contributed by atoms with E-state index in [-0.39, 0.29) is 0 Å². The number of hydrazine groups is 1. The van der Waals surface area contributed by atoms with Gasteiger partial charge in [-0.05, 0) is 13.3 Å². The van der Waals surface area contributed by atoms with Gasteiger partial charge in [-0.25, -0.2) is 20.8 Å². The maximum absolute atomic E-state index is 5.42. The molecule has 0 spiro atoms. The first kappa shape index (κ1) is 13.7. The van der Waals surface area contributed by atoms with E-state index in [4.69, 9.17) is 5.84 Å². The number of nitrogens with two attached hydrogens (primary N) is 1. The molecule has 2 rings (SSSR count). The normalized spacial score (nSPS) is 10.5. The lowest BCUT2D eigenvalue weighted by Gasteiger charge is -2.08. The molecule has 0 aliphatic rings. The van der Waals surface area contributed by atoms with Crippen LogP contribution < -0.4 is 16.6 Å². The molecule has 0 saturated carbocycles. The van der Waals surface area contributed by atoms with Gasteiger partial charge in [0.15, 0.2) is 0 Å². The second kappa shape index (κ2) is 6.44. The van der Waals surface area contributed by atoms with E-state index in [2.05, 4.69) is 32.6 Å². The van der Waals surface area contributed by atoms with Crippen molar-refractivity contribution in [1.29, 1.82) is 0 Å². The van der Waals surface area contributed by atoms with E-state index < -0.39 is 0 Å². The molecule has 7 heteroatoms. The van der Waals surface area contributed by atoms with Gasteiger partial charge in [0.1, 0.15) is 17.5 Å². The van der Waals surface area contributed by atoms with Gasteiger partial charge in [0.05, 0.1) is 11.6 Å². The van der Waals surface area contributed by atoms with Crippen LogP contribution in [0.25, 0.3) is 0 Å². The van der Waals surface area contributed by atoms with Gasteiger partial charge in [-0.2, -0.15) is 0 Å². The molecule has 0 atom stereocenters. The van der Waals surface area contributed by atoms with E-state index in [0.29, 0.717) is 12.4 Å². The van der Waals surface area contributed by atoms with Gasteiger partial charge in [-0.1, -0.05) is 6.92 Å². The fraction of sp³-hybridized carbons (Fsp3) is 0.417. The first-order chi connectivity index (χ1) is 9.21. The minimum absolute atomic E-state index is 0.626. The molecule has 19 heavy (non-hydrogen) atoms. The third kappa shape index (κ3) is 3.87. The van der Waals surface area contributed by atoms with Crippen molar-refractivity contribution in [3.63, 3.8) is 0 Å². The molecular weight excluding hydrogens is 260 g/mol. The molecule has 0 radical (unpaired) electrons. The Morgan fingerprint density at radius 1 is 1.32 bits per heavy atom. The zero-order chi connectivity index (χ0) is 13.7. The molecule has 0 aliphatic heterocycles. The summed E-state index contributed by atoms with van der Waals surface area (Å²) in [5, 5.41) is 4.34. The van der Waals surface area contributed by atoms with Crippen LogP contribution in [-0.4, -0.2) is 15.0 Å². The van der Waals surface area contributed by atoms with Crippen LogP contribution >= 0.6 is 11.3 Å². The molecule has 2 aromatic rings. The van der Waals surface area contributed by atoms with Gasteiger partial charge >= 0.3 is 0 Å². The average molecular weight is 278 g/mol. The van der Waals surface area contributed by atoms with Crippen molar-refractivity contribution in [2.45, 2.75) is 33.2 Å². The first-order valence-corrected chi connectivity index (χ1v) is 7.02. The molecule has 0 saturated heterocycles. The van der Waals surface area contributed by atoms with Crippen molar-refractivity contribution in [2.24, 2.45) is 5.84 Å². The molecule has 6 nitrogen and oxygen atoms in total. The number of rotatable bonds is 6. The summed E-state index contributed by atoms with van der Waals surface area (Å²) in [7, 11) is 0. The van der Waals surface area contributed by atoms with Gasteiger partial charge < -0.3 is 10.7 Å². The summed E-state index contributed by atoms with van der Waals surface area (Å²) in [5.41, 5.74) is 2.57. The highest BCUT2D eigenvalue weighted by molar-refractivity contribution is 7.11. The van der Waals surface area contributed by atoms with E-state index in [1.807, 2.05) is 13.1 Å². The summed E-state index contributed by atoms with van der Waals surface area (Å²) < 4.78 is 0. The fourth-order valence-electron chi connectivity index (χ4n) is 1.66. The summed E-state index contributed by atoms with van der Waals surface area (Å²) >= 11 is 1.67. The van der Waals surface area contributed by atoms with Crippen LogP contribution in [0.3, 0.4) is 0 Å². The fourth-order valence-corrected chi connectivity index (χ4v) is 2.40. The Labute approximate surface area is 116 Å². The highest BCUT2D eigenvalue weighted by Crippen LogP contribution is 2.15. The highest BCUT2D eigenvalue weighted by atomic mass is 32.1. The highest BCUT2D eigenvalue weighted by Gasteiger charge is 2.04. The second-order valence-corrected chi connectivity index (χ2v) is 5.47. The monoisotopic (exact) mass is 278 g/mol. The van der Waals surface area contributed by atoms with Crippen molar-refractivity contribution in [3.05, 3.63) is 28.0 Å². The number of hydrogen-bond donors (Lipinski definition) is 3. The zero-order valence-corrected chi connectivity index (χ0v) is 11.9. The Bertz CT molecular complexity index is 539. The molecule has 0 fully saturated rings. The van der Waals surface area contributed by atoms with Gasteiger partial charge in [0, 0.05) is 23.6 Å². The van der Waals surface area contributed by atoms with Gasteiger partial charge in [-0.3, -0.25) is 0 Å². The van der Waals surface area contributed by atoms with Crippen molar-refractivity contribution in [3.8, 4) is 0 Å². The van der Waals surface area contributed by atoms with Gasteiger partial charge in [0.25, 0.3) is 0 Å². The van der Waals surface area contributed by atoms with Crippen LogP contribution in [0.4, 0.5) is 11.6 Å². The summed E-state index contributed by atoms with van der Waals surface area (Å²) in [6.07, 6.45) is 3.72. The third-order valence-electron chi connectivity index (χ3n) is 2.51. The SMILES string of the molecule is CCCc1nc(NN)cc(NCc2cnc(C)s2)n1. The third-order valence-corrected chi connectivity index (χ3v) is 3.42. The molecule has 102 valence electrons. The van der Waals surface area contributed by atoms with Crippen molar-refractivity contribution in [2.75, 3.05) is 10.7 Å². The Morgan fingerprint density at radius 2 is 2.11 bits per heavy atom. The summed E-state index contributed by atoms with van der Waals surface area (Å²) in [4.78, 5) is 14.2. The Balaban J connectivity index is 2.08. The largest absolute Gasteiger partial charge is 0.365 e. The zero-order valence-electron chi connectivity index (χ0n) is 11.1. The Kier molecular flexibility index (Phi) is 4.64. The molecule has 0 amide bonds. The number of thiazole rings is 1. The summed E-state index contributed by atoms with van der Waals surface area (Å²) in [6.45, 7) is 4.80. The van der Waals surface area contributed by atoms with Gasteiger partial charge in [-0.15, -0.1) is 11.3 Å². The van der Waals surface area contributed by atoms with Crippen LogP contribution in [0.1, 0.15) is 29.1 Å². The Hall–Kier alpha value is -1.73. The summed E-state index contributed by atoms with van der Waals surface area (Å²) in [6, 6.07) is 1.80. The number of hydrogen-bond acceptors (Lipinski definition) is 7. The predicted molar refractivity (Wildman–Crippen MR) is 78.0 cm³/mol. The van der Waals surface area contributed by atoms with E-state index in [1.165, 1.54) is 4.88 Å². The standard InChI is InChI=1S/C12H18N6S/c1-3-4-10-16-11(5-12(17-10)18-13)15-7-9-6-14-8(2)19-9/h5-6H,3-4,7,13H2,1-2H3,(H2,15,16,17,18). The van der Waals surface area contributed by atoms with E-state index in [0.717, 1.165) is 29.5 Å². The molecule has 4 N–H and O–H groups in total. The smallest absolute Gasteiger partial charge is 0.145 e. The van der Waals surface area contributed by atoms with Crippen molar-refractivity contribution < 1.29 is 0 Å². The minimum atomic E-state index is 0.626. The predicted octanol–water partition coefficient (Wildman–Crippen LogP) is 2.09. The number of aromatic nitrogens is 3. The van der Waals surface area contributed by atoms with E-state index in [1.54, 1.807) is 17.4 Å². The molecular formula is C12H18N6S. The van der Waals surface area contributed by atoms with Crippen LogP contribution in [0.2, 0.25) is 0 Å². The first-order valence-electron chi connectivity index (χ1n) is 6.21. The molecule has 0 bridgehead atoms. The number of nitrogens with one attached hydrogen (secondary N) is 2. The van der Waals surface area contributed by atoms with Crippen LogP contribution in [-0.2, 0) is 13.0 Å². The summed E-state index contributed by atoms with van der Waals surface area (Å²) in [5.74, 6) is 7.61.